The fourth-order valence-corrected chi connectivity index (χ4v) is 3.93. The summed E-state index contributed by atoms with van der Waals surface area (Å²) in [6.45, 7) is 4.77. The van der Waals surface area contributed by atoms with Crippen LogP contribution >= 0.6 is 23.5 Å². The maximum absolute atomic E-state index is 11.6. The summed E-state index contributed by atoms with van der Waals surface area (Å²) in [5, 5.41) is 0. The van der Waals surface area contributed by atoms with Crippen molar-refractivity contribution in [1.82, 2.24) is 0 Å². The molecular formula is C17H24O3S2. The van der Waals surface area contributed by atoms with Crippen molar-refractivity contribution in [2.75, 3.05) is 18.3 Å². The molecule has 0 N–H and O–H groups in total. The number of ether oxygens (including phenoxy) is 2. The predicted molar refractivity (Wildman–Crippen MR) is 94.6 cm³/mol. The van der Waals surface area contributed by atoms with Crippen LogP contribution in [0.3, 0.4) is 0 Å². The van der Waals surface area contributed by atoms with Crippen LogP contribution in [-0.4, -0.2) is 24.3 Å². The molecule has 0 aliphatic carbocycles. The molecule has 5 heteroatoms. The quantitative estimate of drug-likeness (QED) is 0.513. The highest BCUT2D eigenvalue weighted by Gasteiger charge is 2.15. The van der Waals surface area contributed by atoms with E-state index in [1.165, 1.54) is 16.7 Å². The molecule has 1 aromatic carbocycles. The molecule has 3 nitrogen and oxygen atoms in total. The minimum absolute atomic E-state index is 0.0835. The van der Waals surface area contributed by atoms with E-state index in [1.54, 1.807) is 23.5 Å². The number of unbranched alkanes of at least 4 members (excludes halogenated alkanes) is 1. The number of hydrogen-bond donors (Lipinski definition) is 0. The zero-order valence-corrected chi connectivity index (χ0v) is 15.0. The number of carbonyl (C=O) groups excluding carboxylic acids is 1. The van der Waals surface area contributed by atoms with E-state index >= 15 is 0 Å². The van der Waals surface area contributed by atoms with Crippen LogP contribution in [-0.2, 0) is 21.0 Å². The van der Waals surface area contributed by atoms with Gasteiger partial charge in [-0.3, -0.25) is 4.79 Å². The van der Waals surface area contributed by atoms with Crippen LogP contribution in [0.4, 0.5) is 0 Å². The molecule has 0 bridgehead atoms. The van der Waals surface area contributed by atoms with Crippen LogP contribution in [0, 0.1) is 6.92 Å². The van der Waals surface area contributed by atoms with E-state index in [4.69, 9.17) is 9.47 Å². The number of hydrogen-bond acceptors (Lipinski definition) is 5. The Labute approximate surface area is 141 Å². The molecule has 0 spiro atoms. The lowest BCUT2D eigenvalue weighted by Gasteiger charge is -2.20. The highest BCUT2D eigenvalue weighted by Crippen LogP contribution is 2.35. The summed E-state index contributed by atoms with van der Waals surface area (Å²) in [5.41, 5.74) is 3.82. The third-order valence-electron chi connectivity index (χ3n) is 3.40. The van der Waals surface area contributed by atoms with Gasteiger partial charge in [-0.05, 0) is 13.3 Å². The lowest BCUT2D eigenvalue weighted by molar-refractivity contribution is -0.143. The number of esters is 1. The standard InChI is InChI=1S/C17H24O3S2/c1-3-4-6-19-16(18)5-7-21-10-14-8-13(2)9-15-11-22-12-20-17(14)15/h8-9H,3-7,10-12H2,1-2H3. The summed E-state index contributed by atoms with van der Waals surface area (Å²) >= 11 is 3.57. The van der Waals surface area contributed by atoms with Crippen molar-refractivity contribution in [3.63, 3.8) is 0 Å². The van der Waals surface area contributed by atoms with Gasteiger partial charge in [0.2, 0.25) is 0 Å². The van der Waals surface area contributed by atoms with Gasteiger partial charge in [-0.1, -0.05) is 31.0 Å². The molecule has 1 heterocycles. The van der Waals surface area contributed by atoms with Gasteiger partial charge >= 0.3 is 5.97 Å². The second-order valence-corrected chi connectivity index (χ2v) is 7.44. The van der Waals surface area contributed by atoms with E-state index in [2.05, 4.69) is 26.0 Å². The van der Waals surface area contributed by atoms with E-state index in [1.807, 2.05) is 0 Å². The Morgan fingerprint density at radius 3 is 3.14 bits per heavy atom. The van der Waals surface area contributed by atoms with Crippen LogP contribution < -0.4 is 4.74 Å². The second-order valence-electron chi connectivity index (χ2n) is 5.40. The molecule has 0 saturated heterocycles. The third kappa shape index (κ3) is 5.43. The van der Waals surface area contributed by atoms with Gasteiger partial charge in [0.1, 0.15) is 11.7 Å². The molecule has 0 atom stereocenters. The fraction of sp³-hybridized carbons (Fsp3) is 0.588. The first-order chi connectivity index (χ1) is 10.7. The van der Waals surface area contributed by atoms with E-state index in [9.17, 15) is 4.79 Å². The molecule has 2 rings (SSSR count). The third-order valence-corrected chi connectivity index (χ3v) is 5.21. The molecule has 0 aromatic heterocycles. The van der Waals surface area contributed by atoms with Gasteiger partial charge in [0.25, 0.3) is 0 Å². The molecule has 0 unspecified atom stereocenters. The highest BCUT2D eigenvalue weighted by molar-refractivity contribution is 7.98. The molecule has 1 aliphatic rings. The molecule has 0 amide bonds. The molecule has 1 aliphatic heterocycles. The van der Waals surface area contributed by atoms with E-state index in [0.717, 1.165) is 41.8 Å². The Bertz CT molecular complexity index is 503. The van der Waals surface area contributed by atoms with Crippen molar-refractivity contribution in [2.45, 2.75) is 44.6 Å². The van der Waals surface area contributed by atoms with Crippen LogP contribution in [0.15, 0.2) is 12.1 Å². The number of fused-ring (bicyclic) bond motifs is 1. The first kappa shape index (κ1) is 17.5. The van der Waals surface area contributed by atoms with Crippen molar-refractivity contribution < 1.29 is 14.3 Å². The van der Waals surface area contributed by atoms with E-state index in [0.29, 0.717) is 13.0 Å². The Morgan fingerprint density at radius 1 is 1.45 bits per heavy atom. The van der Waals surface area contributed by atoms with Crippen molar-refractivity contribution >= 4 is 29.5 Å². The molecule has 0 radical (unpaired) electrons. The van der Waals surface area contributed by atoms with Crippen molar-refractivity contribution in [1.29, 1.82) is 0 Å². The molecule has 0 saturated carbocycles. The fourth-order valence-electron chi connectivity index (χ4n) is 2.32. The van der Waals surface area contributed by atoms with Crippen molar-refractivity contribution in [2.24, 2.45) is 0 Å². The summed E-state index contributed by atoms with van der Waals surface area (Å²) in [7, 11) is 0. The number of carbonyl (C=O) groups is 1. The number of rotatable bonds is 8. The topological polar surface area (TPSA) is 35.5 Å². The largest absolute Gasteiger partial charge is 0.482 e. The van der Waals surface area contributed by atoms with Crippen LogP contribution in [0.5, 0.6) is 5.75 Å². The predicted octanol–water partition coefficient (Wildman–Crippen LogP) is 4.54. The average Bonchev–Trinajstić information content (AvgIpc) is 2.51. The van der Waals surface area contributed by atoms with Gasteiger partial charge < -0.3 is 9.47 Å². The number of aryl methyl sites for hydroxylation is 1. The van der Waals surface area contributed by atoms with Gasteiger partial charge in [-0.2, -0.15) is 11.8 Å². The molecule has 22 heavy (non-hydrogen) atoms. The lowest BCUT2D eigenvalue weighted by atomic mass is 10.1. The Morgan fingerprint density at radius 2 is 2.32 bits per heavy atom. The maximum atomic E-state index is 11.6. The number of benzene rings is 1. The zero-order chi connectivity index (χ0) is 15.8. The van der Waals surface area contributed by atoms with Crippen molar-refractivity contribution in [3.05, 3.63) is 28.8 Å². The van der Waals surface area contributed by atoms with E-state index < -0.39 is 0 Å². The minimum Gasteiger partial charge on any atom is -0.482 e. The zero-order valence-electron chi connectivity index (χ0n) is 13.4. The smallest absolute Gasteiger partial charge is 0.306 e. The average molecular weight is 341 g/mol. The summed E-state index contributed by atoms with van der Waals surface area (Å²) in [6, 6.07) is 4.40. The highest BCUT2D eigenvalue weighted by atomic mass is 32.2. The first-order valence-electron chi connectivity index (χ1n) is 7.77. The summed E-state index contributed by atoms with van der Waals surface area (Å²) < 4.78 is 11.0. The molecule has 1 aromatic rings. The maximum Gasteiger partial charge on any atom is 0.306 e. The first-order valence-corrected chi connectivity index (χ1v) is 10.1. The summed E-state index contributed by atoms with van der Waals surface area (Å²) in [6.07, 6.45) is 2.49. The normalized spacial score (nSPS) is 13.4. The summed E-state index contributed by atoms with van der Waals surface area (Å²) in [5.74, 6) is 4.41. The second kappa shape index (κ2) is 9.36. The van der Waals surface area contributed by atoms with E-state index in [-0.39, 0.29) is 5.97 Å². The number of thioether (sulfide) groups is 2. The molecule has 0 fully saturated rings. The van der Waals surface area contributed by atoms with Crippen LogP contribution in [0.2, 0.25) is 0 Å². The van der Waals surface area contributed by atoms with Crippen LogP contribution in [0.1, 0.15) is 42.9 Å². The van der Waals surface area contributed by atoms with Crippen LogP contribution in [0.25, 0.3) is 0 Å². The summed E-state index contributed by atoms with van der Waals surface area (Å²) in [4.78, 5) is 11.6. The Hall–Kier alpha value is -0.810. The lowest BCUT2D eigenvalue weighted by Crippen LogP contribution is -2.08. The van der Waals surface area contributed by atoms with Gasteiger partial charge in [0.15, 0.2) is 0 Å². The van der Waals surface area contributed by atoms with Gasteiger partial charge in [0, 0.05) is 28.4 Å². The van der Waals surface area contributed by atoms with Gasteiger partial charge in [-0.15, -0.1) is 11.8 Å². The minimum atomic E-state index is -0.0835. The Kier molecular flexibility index (Phi) is 7.46. The van der Waals surface area contributed by atoms with Gasteiger partial charge in [0.05, 0.1) is 13.0 Å². The molecule has 122 valence electrons. The van der Waals surface area contributed by atoms with Gasteiger partial charge in [-0.25, -0.2) is 0 Å². The molecular weight excluding hydrogens is 316 g/mol. The Balaban J connectivity index is 1.77. The van der Waals surface area contributed by atoms with Crippen molar-refractivity contribution in [3.8, 4) is 5.75 Å². The monoisotopic (exact) mass is 340 g/mol. The SMILES string of the molecule is CCCCOC(=O)CCSCc1cc(C)cc2c1OCSC2.